The molecule has 0 aromatic rings. The van der Waals surface area contributed by atoms with Crippen LogP contribution in [0.25, 0.3) is 0 Å². The van der Waals surface area contributed by atoms with Crippen LogP contribution in [0.2, 0.25) is 0 Å². The Balaban J connectivity index is 1.76. The molecule has 5 nitrogen and oxygen atoms in total. The third-order valence-corrected chi connectivity index (χ3v) is 5.26. The monoisotopic (exact) mass is 283 g/mol. The lowest BCUT2D eigenvalue weighted by atomic mass is 9.83. The maximum Gasteiger partial charge on any atom is 0.149 e. The second kappa shape index (κ2) is 6.98. The minimum Gasteiger partial charge on any atom is -0.762 e. The van der Waals surface area contributed by atoms with Gasteiger partial charge in [0.2, 0.25) is 0 Å². The van der Waals surface area contributed by atoms with E-state index in [2.05, 4.69) is 18.7 Å². The zero-order chi connectivity index (χ0) is 14.7. The molecular formula is C15H27N2O3-. The summed E-state index contributed by atoms with van der Waals surface area (Å²) < 4.78 is 0. The van der Waals surface area contributed by atoms with Crippen LogP contribution < -0.4 is 0 Å². The predicted octanol–water partition coefficient (Wildman–Crippen LogP) is 2.28. The Hall–Kier alpha value is -0.490. The van der Waals surface area contributed by atoms with E-state index in [1.165, 1.54) is 6.42 Å². The number of carbonyl (C=O) groups excluding carboxylic acids is 1. The summed E-state index contributed by atoms with van der Waals surface area (Å²) in [6, 6.07) is -0.310. The van der Waals surface area contributed by atoms with E-state index in [9.17, 15) is 10.0 Å². The molecule has 0 amide bonds. The molecular weight excluding hydrogens is 256 g/mol. The van der Waals surface area contributed by atoms with E-state index in [1.54, 1.807) is 0 Å². The zero-order valence-electron chi connectivity index (χ0n) is 12.6. The molecule has 2 aliphatic rings. The summed E-state index contributed by atoms with van der Waals surface area (Å²) in [4.78, 5) is 14.6. The zero-order valence-corrected chi connectivity index (χ0v) is 12.6. The number of nitrogens with zero attached hydrogens (tertiary/aromatic N) is 2. The van der Waals surface area contributed by atoms with Gasteiger partial charge in [0.15, 0.2) is 0 Å². The molecule has 0 aromatic heterocycles. The number of hydroxylamine groups is 2. The van der Waals surface area contributed by atoms with Crippen molar-refractivity contribution in [3.63, 3.8) is 0 Å². The summed E-state index contributed by atoms with van der Waals surface area (Å²) in [5, 5.41) is 19.8. The van der Waals surface area contributed by atoms with Crippen LogP contribution in [-0.4, -0.2) is 46.8 Å². The smallest absolute Gasteiger partial charge is 0.149 e. The largest absolute Gasteiger partial charge is 0.762 e. The molecule has 0 radical (unpaired) electrons. The number of hydrogen-bond donors (Lipinski definition) is 1. The fraction of sp³-hybridized carbons (Fsp3) is 0.933. The molecule has 2 atom stereocenters. The van der Waals surface area contributed by atoms with E-state index in [4.69, 9.17) is 5.21 Å². The van der Waals surface area contributed by atoms with Gasteiger partial charge in [-0.15, -0.1) is 0 Å². The van der Waals surface area contributed by atoms with Crippen molar-refractivity contribution < 1.29 is 10.0 Å². The first-order valence-corrected chi connectivity index (χ1v) is 7.87. The SMILES string of the molecule is CC1CCN(CC(=O)C2CCC(N([O-])O)CC2)CC1C. The molecule has 1 aliphatic heterocycles. The van der Waals surface area contributed by atoms with Crippen LogP contribution in [0.15, 0.2) is 0 Å². The van der Waals surface area contributed by atoms with Gasteiger partial charge in [0, 0.05) is 18.5 Å². The molecule has 0 spiro atoms. The first-order chi connectivity index (χ1) is 9.47. The number of rotatable bonds is 4. The Kier molecular flexibility index (Phi) is 5.55. The van der Waals surface area contributed by atoms with Crippen LogP contribution in [-0.2, 0) is 4.79 Å². The summed E-state index contributed by atoms with van der Waals surface area (Å²) in [5.74, 6) is 1.82. The van der Waals surface area contributed by atoms with Crippen LogP contribution in [0.1, 0.15) is 46.0 Å². The molecule has 0 aromatic carbocycles. The Labute approximate surface area is 121 Å². The van der Waals surface area contributed by atoms with Gasteiger partial charge >= 0.3 is 0 Å². The molecule has 1 heterocycles. The average Bonchev–Trinajstić information content (AvgIpc) is 2.43. The number of ketones is 1. The normalized spacial score (nSPS) is 36.2. The number of hydrogen-bond acceptors (Lipinski definition) is 5. The van der Waals surface area contributed by atoms with E-state index >= 15 is 0 Å². The Bertz CT molecular complexity index is 327. The van der Waals surface area contributed by atoms with Crippen molar-refractivity contribution in [2.45, 2.75) is 52.0 Å². The average molecular weight is 283 g/mol. The lowest BCUT2D eigenvalue weighted by molar-refractivity contribution is -0.128. The molecule has 1 saturated heterocycles. The highest BCUT2D eigenvalue weighted by Gasteiger charge is 2.29. The van der Waals surface area contributed by atoms with E-state index in [0.29, 0.717) is 31.1 Å². The topological polar surface area (TPSA) is 66.8 Å². The highest BCUT2D eigenvalue weighted by Crippen LogP contribution is 2.28. The molecule has 0 bridgehead atoms. The molecule has 5 heteroatoms. The highest BCUT2D eigenvalue weighted by atomic mass is 16.8. The Morgan fingerprint density at radius 2 is 1.85 bits per heavy atom. The summed E-state index contributed by atoms with van der Waals surface area (Å²) >= 11 is 0. The van der Waals surface area contributed by atoms with Gasteiger partial charge in [-0.3, -0.25) is 14.9 Å². The van der Waals surface area contributed by atoms with Crippen molar-refractivity contribution in [2.24, 2.45) is 17.8 Å². The van der Waals surface area contributed by atoms with Gasteiger partial charge in [-0.05, 0) is 50.5 Å². The standard InChI is InChI=1S/C15H27N2O3/c1-11-7-8-16(9-12(11)2)10-15(18)13-3-5-14(6-4-13)17(19)20/h11-14,19H,3-10H2,1-2H3/q-1. The molecule has 20 heavy (non-hydrogen) atoms. The number of Topliss-reactive ketones (excluding diaryl/α,β-unsaturated/α-hetero) is 1. The molecule has 1 N–H and O–H groups in total. The van der Waals surface area contributed by atoms with Gasteiger partial charge in [0.05, 0.1) is 6.54 Å². The van der Waals surface area contributed by atoms with Crippen molar-refractivity contribution in [3.05, 3.63) is 5.21 Å². The second-order valence-electron chi connectivity index (χ2n) is 6.75. The number of carbonyl (C=O) groups is 1. The van der Waals surface area contributed by atoms with Gasteiger partial charge in [0.25, 0.3) is 0 Å². The van der Waals surface area contributed by atoms with E-state index in [1.807, 2.05) is 0 Å². The predicted molar refractivity (Wildman–Crippen MR) is 77.1 cm³/mol. The van der Waals surface area contributed by atoms with Crippen LogP contribution in [0.4, 0.5) is 0 Å². The lowest BCUT2D eigenvalue weighted by Gasteiger charge is -2.38. The Morgan fingerprint density at radius 3 is 2.40 bits per heavy atom. The van der Waals surface area contributed by atoms with Crippen LogP contribution in [0.3, 0.4) is 0 Å². The first kappa shape index (κ1) is 15.9. The number of likely N-dealkylation sites (tertiary alicyclic amines) is 1. The molecule has 2 rings (SSSR count). The fourth-order valence-corrected chi connectivity index (χ4v) is 3.46. The Morgan fingerprint density at radius 1 is 1.20 bits per heavy atom. The second-order valence-corrected chi connectivity index (χ2v) is 6.75. The molecule has 1 saturated carbocycles. The summed E-state index contributed by atoms with van der Waals surface area (Å²) in [7, 11) is 0. The molecule has 1 aliphatic carbocycles. The summed E-state index contributed by atoms with van der Waals surface area (Å²) in [6.45, 7) is 7.16. The van der Waals surface area contributed by atoms with E-state index in [0.717, 1.165) is 31.8 Å². The quantitative estimate of drug-likeness (QED) is 0.802. The first-order valence-electron chi connectivity index (χ1n) is 7.87. The third-order valence-electron chi connectivity index (χ3n) is 5.26. The minimum absolute atomic E-state index is 0.0639. The van der Waals surface area contributed by atoms with Crippen molar-refractivity contribution in [3.8, 4) is 0 Å². The van der Waals surface area contributed by atoms with Gasteiger partial charge in [-0.25, -0.2) is 0 Å². The summed E-state index contributed by atoms with van der Waals surface area (Å²) in [6.07, 6.45) is 3.91. The third kappa shape index (κ3) is 4.01. The fourth-order valence-electron chi connectivity index (χ4n) is 3.46. The van der Waals surface area contributed by atoms with E-state index in [-0.39, 0.29) is 17.2 Å². The van der Waals surface area contributed by atoms with Crippen LogP contribution in [0, 0.1) is 23.0 Å². The molecule has 116 valence electrons. The lowest BCUT2D eigenvalue weighted by Crippen LogP contribution is -2.43. The summed E-state index contributed by atoms with van der Waals surface area (Å²) in [5.41, 5.74) is 0. The van der Waals surface area contributed by atoms with Gasteiger partial charge in [-0.2, -0.15) is 0 Å². The maximum absolute atomic E-state index is 12.3. The van der Waals surface area contributed by atoms with Gasteiger partial charge in [0.1, 0.15) is 5.78 Å². The van der Waals surface area contributed by atoms with Crippen molar-refractivity contribution in [1.82, 2.24) is 10.1 Å². The maximum atomic E-state index is 12.3. The van der Waals surface area contributed by atoms with Crippen molar-refractivity contribution in [1.29, 1.82) is 0 Å². The van der Waals surface area contributed by atoms with Gasteiger partial charge in [-0.1, -0.05) is 13.8 Å². The van der Waals surface area contributed by atoms with Crippen LogP contribution in [0.5, 0.6) is 0 Å². The molecule has 2 fully saturated rings. The van der Waals surface area contributed by atoms with Crippen LogP contribution >= 0.6 is 0 Å². The number of piperidine rings is 1. The molecule has 2 unspecified atom stereocenters. The highest BCUT2D eigenvalue weighted by molar-refractivity contribution is 5.83. The van der Waals surface area contributed by atoms with E-state index < -0.39 is 0 Å². The van der Waals surface area contributed by atoms with Crippen molar-refractivity contribution >= 4 is 5.78 Å². The van der Waals surface area contributed by atoms with Gasteiger partial charge < -0.3 is 10.4 Å². The minimum atomic E-state index is -0.310. The van der Waals surface area contributed by atoms with Crippen molar-refractivity contribution in [2.75, 3.05) is 19.6 Å².